The lowest BCUT2D eigenvalue weighted by Gasteiger charge is -2.42. The van der Waals surface area contributed by atoms with Crippen LogP contribution in [0.5, 0.6) is 0 Å². The first kappa shape index (κ1) is 16.5. The van der Waals surface area contributed by atoms with Crippen LogP contribution in [0.25, 0.3) is 0 Å². The van der Waals surface area contributed by atoms with Gasteiger partial charge in [0.15, 0.2) is 5.82 Å². The van der Waals surface area contributed by atoms with Crippen molar-refractivity contribution in [3.05, 3.63) is 11.6 Å². The van der Waals surface area contributed by atoms with Crippen molar-refractivity contribution < 1.29 is 0 Å². The summed E-state index contributed by atoms with van der Waals surface area (Å²) in [6, 6.07) is 0.955. The van der Waals surface area contributed by atoms with E-state index in [-0.39, 0.29) is 0 Å². The molecule has 21 heavy (non-hydrogen) atoms. The molecule has 120 valence electrons. The van der Waals surface area contributed by atoms with Gasteiger partial charge in [0.05, 0.1) is 6.04 Å². The summed E-state index contributed by atoms with van der Waals surface area (Å²) >= 11 is 0. The Morgan fingerprint density at radius 1 is 1.19 bits per heavy atom. The molecule has 1 aromatic rings. The molecule has 0 aromatic carbocycles. The Morgan fingerprint density at radius 2 is 1.90 bits per heavy atom. The van der Waals surface area contributed by atoms with Crippen LogP contribution in [-0.2, 0) is 12.8 Å². The molecule has 2 rings (SSSR count). The van der Waals surface area contributed by atoms with Crippen LogP contribution in [0.15, 0.2) is 0 Å². The van der Waals surface area contributed by atoms with Crippen LogP contribution >= 0.6 is 0 Å². The average Bonchev–Trinajstić information content (AvgIpc) is 2.88. The van der Waals surface area contributed by atoms with Gasteiger partial charge in [-0.3, -0.25) is 0 Å². The molecule has 1 fully saturated rings. The highest BCUT2D eigenvalue weighted by atomic mass is 15.4. The lowest BCUT2D eigenvalue weighted by Crippen LogP contribution is -2.43. The minimum absolute atomic E-state index is 0.373. The predicted octanol–water partition coefficient (Wildman–Crippen LogP) is 3.38. The molecule has 0 saturated heterocycles. The Balaban J connectivity index is 2.30. The van der Waals surface area contributed by atoms with Crippen LogP contribution < -0.4 is 5.32 Å². The third kappa shape index (κ3) is 3.47. The molecule has 1 heterocycles. The molecule has 4 heteroatoms. The van der Waals surface area contributed by atoms with Crippen LogP contribution in [0.3, 0.4) is 0 Å². The van der Waals surface area contributed by atoms with Crippen LogP contribution in [0.4, 0.5) is 0 Å². The molecule has 1 aliphatic carbocycles. The maximum atomic E-state index is 4.80. The molecule has 1 aromatic heterocycles. The zero-order valence-corrected chi connectivity index (χ0v) is 14.6. The standard InChI is InChI=1S/C17H32N4/c1-7-15-19-16(8-2)21(20-15)14-11-12(17(3,4)5)9-10-13(14)18-6/h12-14,18H,7-11H2,1-6H3. The van der Waals surface area contributed by atoms with E-state index in [0.717, 1.165) is 30.4 Å². The van der Waals surface area contributed by atoms with Gasteiger partial charge in [-0.25, -0.2) is 9.67 Å². The van der Waals surface area contributed by atoms with Gasteiger partial charge in [0, 0.05) is 18.9 Å². The van der Waals surface area contributed by atoms with Gasteiger partial charge < -0.3 is 5.32 Å². The third-order valence-corrected chi connectivity index (χ3v) is 5.10. The molecule has 4 nitrogen and oxygen atoms in total. The van der Waals surface area contributed by atoms with Crippen molar-refractivity contribution in [1.82, 2.24) is 20.1 Å². The summed E-state index contributed by atoms with van der Waals surface area (Å²) in [4.78, 5) is 4.70. The maximum Gasteiger partial charge on any atom is 0.150 e. The van der Waals surface area contributed by atoms with E-state index >= 15 is 0 Å². The van der Waals surface area contributed by atoms with Gasteiger partial charge in [-0.05, 0) is 37.6 Å². The molecule has 0 aliphatic heterocycles. The fourth-order valence-corrected chi connectivity index (χ4v) is 3.60. The molecule has 1 aliphatic rings. The average molecular weight is 292 g/mol. The second-order valence-corrected chi connectivity index (χ2v) is 7.43. The highest BCUT2D eigenvalue weighted by Crippen LogP contribution is 2.42. The van der Waals surface area contributed by atoms with Crippen LogP contribution in [0, 0.1) is 11.3 Å². The summed E-state index contributed by atoms with van der Waals surface area (Å²) in [5, 5.41) is 8.32. The Morgan fingerprint density at radius 3 is 2.43 bits per heavy atom. The molecular weight excluding hydrogens is 260 g/mol. The van der Waals surface area contributed by atoms with Crippen molar-refractivity contribution in [2.75, 3.05) is 7.05 Å². The van der Waals surface area contributed by atoms with E-state index in [9.17, 15) is 0 Å². The highest BCUT2D eigenvalue weighted by Gasteiger charge is 2.37. The smallest absolute Gasteiger partial charge is 0.150 e. The van der Waals surface area contributed by atoms with E-state index in [0.29, 0.717) is 17.5 Å². The molecule has 0 radical (unpaired) electrons. The first-order valence-electron chi connectivity index (χ1n) is 8.52. The summed E-state index contributed by atoms with van der Waals surface area (Å²) in [5.74, 6) is 2.89. The Hall–Kier alpha value is -0.900. The van der Waals surface area contributed by atoms with Gasteiger partial charge >= 0.3 is 0 Å². The molecule has 3 atom stereocenters. The lowest BCUT2D eigenvalue weighted by atomic mass is 9.69. The number of aromatic nitrogens is 3. The van der Waals surface area contributed by atoms with Crippen molar-refractivity contribution in [2.24, 2.45) is 11.3 Å². The quantitative estimate of drug-likeness (QED) is 0.925. The van der Waals surface area contributed by atoms with E-state index in [1.807, 2.05) is 0 Å². The Labute approximate surface area is 129 Å². The van der Waals surface area contributed by atoms with Crippen LogP contribution in [0.1, 0.15) is 71.6 Å². The van der Waals surface area contributed by atoms with Gasteiger partial charge in [-0.2, -0.15) is 5.10 Å². The minimum atomic E-state index is 0.373. The highest BCUT2D eigenvalue weighted by molar-refractivity contribution is 4.99. The molecular formula is C17H32N4. The predicted molar refractivity (Wildman–Crippen MR) is 87.5 cm³/mol. The van der Waals surface area contributed by atoms with E-state index in [2.05, 4.69) is 51.7 Å². The first-order valence-corrected chi connectivity index (χ1v) is 8.52. The fourth-order valence-electron chi connectivity index (χ4n) is 3.60. The molecule has 0 bridgehead atoms. The zero-order valence-electron chi connectivity index (χ0n) is 14.6. The van der Waals surface area contributed by atoms with Gasteiger partial charge in [0.1, 0.15) is 5.82 Å². The second-order valence-electron chi connectivity index (χ2n) is 7.43. The van der Waals surface area contributed by atoms with Gasteiger partial charge in [-0.1, -0.05) is 34.6 Å². The SMILES string of the molecule is CCc1nc(CC)n(C2CC(C(C)(C)C)CCC2NC)n1. The summed E-state index contributed by atoms with van der Waals surface area (Å²) in [6.45, 7) is 11.4. The molecule has 1 saturated carbocycles. The monoisotopic (exact) mass is 292 g/mol. The zero-order chi connectivity index (χ0) is 15.6. The summed E-state index contributed by atoms with van der Waals surface area (Å²) in [5.41, 5.74) is 0.373. The van der Waals surface area contributed by atoms with Gasteiger partial charge in [-0.15, -0.1) is 0 Å². The number of hydrogen-bond donors (Lipinski definition) is 1. The number of likely N-dealkylation sites (N-methyl/N-ethyl adjacent to an activating group) is 1. The van der Waals surface area contributed by atoms with Crippen LogP contribution in [0.2, 0.25) is 0 Å². The number of aryl methyl sites for hydroxylation is 2. The third-order valence-electron chi connectivity index (χ3n) is 5.10. The van der Waals surface area contributed by atoms with Crippen molar-refractivity contribution in [1.29, 1.82) is 0 Å². The molecule has 1 N–H and O–H groups in total. The first-order chi connectivity index (χ1) is 9.90. The summed E-state index contributed by atoms with van der Waals surface area (Å²) < 4.78 is 2.23. The number of nitrogens with zero attached hydrogens (tertiary/aromatic N) is 3. The van der Waals surface area contributed by atoms with Crippen molar-refractivity contribution >= 4 is 0 Å². The van der Waals surface area contributed by atoms with Crippen molar-refractivity contribution in [3.8, 4) is 0 Å². The van der Waals surface area contributed by atoms with Crippen molar-refractivity contribution in [3.63, 3.8) is 0 Å². The largest absolute Gasteiger partial charge is 0.315 e. The number of hydrogen-bond acceptors (Lipinski definition) is 3. The lowest BCUT2D eigenvalue weighted by molar-refractivity contribution is 0.113. The number of nitrogens with one attached hydrogen (secondary N) is 1. The topological polar surface area (TPSA) is 42.7 Å². The number of rotatable bonds is 4. The van der Waals surface area contributed by atoms with E-state index in [1.165, 1.54) is 19.3 Å². The van der Waals surface area contributed by atoms with Crippen molar-refractivity contribution in [2.45, 2.75) is 78.8 Å². The van der Waals surface area contributed by atoms with Gasteiger partial charge in [0.25, 0.3) is 0 Å². The fraction of sp³-hybridized carbons (Fsp3) is 0.882. The molecule has 0 amide bonds. The van der Waals surface area contributed by atoms with Gasteiger partial charge in [0.2, 0.25) is 0 Å². The minimum Gasteiger partial charge on any atom is -0.315 e. The van der Waals surface area contributed by atoms with Crippen LogP contribution in [-0.4, -0.2) is 27.9 Å². The van der Waals surface area contributed by atoms with E-state index in [4.69, 9.17) is 10.1 Å². The second kappa shape index (κ2) is 6.47. The van der Waals surface area contributed by atoms with E-state index < -0.39 is 0 Å². The molecule has 0 spiro atoms. The maximum absolute atomic E-state index is 4.80. The summed E-state index contributed by atoms with van der Waals surface area (Å²) in [7, 11) is 2.08. The Bertz CT molecular complexity index is 458. The Kier molecular flexibility index (Phi) is 5.07. The van der Waals surface area contributed by atoms with E-state index in [1.54, 1.807) is 0 Å². The molecule has 3 unspecified atom stereocenters. The normalized spacial score (nSPS) is 27.0. The summed E-state index contributed by atoms with van der Waals surface area (Å²) in [6.07, 6.45) is 5.62.